The Morgan fingerprint density at radius 1 is 1.45 bits per heavy atom. The highest BCUT2D eigenvalue weighted by Crippen LogP contribution is 2.41. The number of nitrogens with zero attached hydrogens (tertiary/aromatic N) is 5. The zero-order valence-corrected chi connectivity index (χ0v) is 19.6. The fourth-order valence-electron chi connectivity index (χ4n) is 3.06. The minimum atomic E-state index is -4.35. The number of aliphatic carboxylic acids is 1. The van der Waals surface area contributed by atoms with E-state index in [2.05, 4.69) is 20.8 Å². The topological polar surface area (TPSA) is 168 Å². The molecule has 0 saturated carbocycles. The van der Waals surface area contributed by atoms with Crippen LogP contribution in [0, 0.1) is 0 Å². The number of carbonyl (C=O) groups is 2. The summed E-state index contributed by atoms with van der Waals surface area (Å²) in [6.07, 6.45) is 2.56. The van der Waals surface area contributed by atoms with Crippen LogP contribution in [0.3, 0.4) is 0 Å². The molecule has 3 rings (SSSR count). The lowest BCUT2D eigenvalue weighted by atomic mass is 10.0. The second-order valence-electron chi connectivity index (χ2n) is 6.78. The Bertz CT molecular complexity index is 1020. The molecule has 0 aliphatic carbocycles. The zero-order chi connectivity index (χ0) is 22.8. The van der Waals surface area contributed by atoms with E-state index in [4.69, 9.17) is 16.8 Å². The van der Waals surface area contributed by atoms with Crippen molar-refractivity contribution in [2.75, 3.05) is 11.5 Å². The summed E-state index contributed by atoms with van der Waals surface area (Å²) in [5.41, 5.74) is 0.396. The van der Waals surface area contributed by atoms with Gasteiger partial charge in [-0.25, -0.2) is 9.48 Å². The van der Waals surface area contributed by atoms with Gasteiger partial charge in [0.05, 0.1) is 4.99 Å². The molecule has 2 aliphatic heterocycles. The summed E-state index contributed by atoms with van der Waals surface area (Å²) >= 11 is 7.72. The van der Waals surface area contributed by atoms with Gasteiger partial charge in [-0.2, -0.15) is 8.42 Å². The van der Waals surface area contributed by atoms with Crippen molar-refractivity contribution in [1.29, 1.82) is 0 Å². The molecule has 16 heteroatoms. The van der Waals surface area contributed by atoms with Gasteiger partial charge in [0.1, 0.15) is 17.1 Å². The summed E-state index contributed by atoms with van der Waals surface area (Å²) in [5, 5.41) is 23.1. The van der Waals surface area contributed by atoms with E-state index in [0.717, 1.165) is 29.3 Å². The third-order valence-corrected chi connectivity index (χ3v) is 7.76. The highest BCUT2D eigenvalue weighted by Gasteiger charge is 2.53. The number of β-lactam (4-membered cyclic amide) rings is 1. The van der Waals surface area contributed by atoms with Gasteiger partial charge in [0.2, 0.25) is 5.16 Å². The minimum absolute atomic E-state index is 0.0902. The molecule has 1 aromatic rings. The predicted molar refractivity (Wildman–Crippen MR) is 117 cm³/mol. The number of tetrazole rings is 1. The van der Waals surface area contributed by atoms with Gasteiger partial charge >= 0.3 is 5.97 Å². The van der Waals surface area contributed by atoms with E-state index < -0.39 is 28.0 Å². The number of aromatic nitrogens is 4. The summed E-state index contributed by atoms with van der Waals surface area (Å²) in [6, 6.07) is -0.556. The van der Waals surface area contributed by atoms with Gasteiger partial charge in [-0.05, 0) is 28.8 Å². The van der Waals surface area contributed by atoms with Gasteiger partial charge in [-0.15, -0.1) is 16.9 Å². The Kier molecular flexibility index (Phi) is 7.56. The van der Waals surface area contributed by atoms with Crippen LogP contribution in [0.4, 0.5) is 0 Å². The second-order valence-corrected chi connectivity index (χ2v) is 10.7. The Morgan fingerprint density at radius 3 is 2.84 bits per heavy atom. The number of nitrogens with one attached hydrogen (secondary N) is 1. The maximum Gasteiger partial charge on any atom is 0.352 e. The van der Waals surface area contributed by atoms with Crippen molar-refractivity contribution in [2.24, 2.45) is 0 Å². The second kappa shape index (κ2) is 9.81. The largest absolute Gasteiger partial charge is 0.477 e. The molecule has 0 radical (unpaired) electrons. The standard InChI is InChI=1S/C15H20N6O6S4/c1-2-3-4-9(28)16-10-12(22)21-11(14(23)24)8(5-29-13(10)21)6-30-15-17-18-19-20(15)7-31(25,26)27/h10,13H,2-7H2,1H3,(H,16,28)(H,23,24)(H,25,26,27)/t10?,13-/m1/s1. The van der Waals surface area contributed by atoms with Gasteiger partial charge in [-0.3, -0.25) is 14.2 Å². The lowest BCUT2D eigenvalue weighted by molar-refractivity contribution is -0.148. The molecule has 3 N–H and O–H groups in total. The number of thioether (sulfide) groups is 2. The normalized spacial score (nSPS) is 21.0. The van der Waals surface area contributed by atoms with E-state index in [1.165, 1.54) is 16.7 Å². The number of rotatable bonds is 10. The molecule has 1 saturated heterocycles. The van der Waals surface area contributed by atoms with Crippen molar-refractivity contribution in [3.05, 3.63) is 11.3 Å². The Labute approximate surface area is 191 Å². The molecule has 1 amide bonds. The highest BCUT2D eigenvalue weighted by atomic mass is 32.2. The maximum absolute atomic E-state index is 12.7. The molecule has 1 unspecified atom stereocenters. The van der Waals surface area contributed by atoms with E-state index in [1.54, 1.807) is 0 Å². The van der Waals surface area contributed by atoms with Crippen LogP contribution < -0.4 is 5.32 Å². The molecule has 0 spiro atoms. The number of hydrogen-bond donors (Lipinski definition) is 3. The number of hydrogen-bond acceptors (Lipinski definition) is 10. The van der Waals surface area contributed by atoms with Crippen molar-refractivity contribution in [2.45, 2.75) is 48.6 Å². The molecule has 3 heterocycles. The van der Waals surface area contributed by atoms with Gasteiger partial charge in [0.25, 0.3) is 16.0 Å². The molecule has 2 aliphatic rings. The van der Waals surface area contributed by atoms with Crippen LogP contribution in [0.25, 0.3) is 0 Å². The van der Waals surface area contributed by atoms with Crippen molar-refractivity contribution in [3.8, 4) is 0 Å². The number of amides is 1. The third-order valence-electron chi connectivity index (χ3n) is 4.48. The van der Waals surface area contributed by atoms with Crippen LogP contribution in [-0.2, 0) is 25.6 Å². The SMILES string of the molecule is CCCCC(=S)NC1C(=O)N2C(C(=O)O)=C(CSc3nnnn3CS(=O)(=O)O)CS[C@H]12. The van der Waals surface area contributed by atoms with Crippen molar-refractivity contribution in [1.82, 2.24) is 30.4 Å². The van der Waals surface area contributed by atoms with Crippen molar-refractivity contribution < 1.29 is 27.7 Å². The lowest BCUT2D eigenvalue weighted by Crippen LogP contribution is -2.70. The molecule has 170 valence electrons. The summed E-state index contributed by atoms with van der Waals surface area (Å²) in [4.78, 5) is 26.4. The lowest BCUT2D eigenvalue weighted by Gasteiger charge is -2.49. The van der Waals surface area contributed by atoms with E-state index in [0.29, 0.717) is 22.7 Å². The molecule has 0 bridgehead atoms. The average Bonchev–Trinajstić information content (AvgIpc) is 3.12. The summed E-state index contributed by atoms with van der Waals surface area (Å²) < 4.78 is 32.0. The van der Waals surface area contributed by atoms with Crippen LogP contribution in [0.1, 0.15) is 26.2 Å². The van der Waals surface area contributed by atoms with Gasteiger partial charge < -0.3 is 10.4 Å². The fraction of sp³-hybridized carbons (Fsp3) is 0.600. The van der Waals surface area contributed by atoms with Crippen LogP contribution >= 0.6 is 35.7 Å². The first kappa shape index (κ1) is 23.9. The van der Waals surface area contributed by atoms with E-state index in [-0.39, 0.29) is 27.9 Å². The summed E-state index contributed by atoms with van der Waals surface area (Å²) in [6.45, 7) is 2.04. The first-order valence-corrected chi connectivity index (χ1v) is 13.2. The highest BCUT2D eigenvalue weighted by molar-refractivity contribution is 8.01. The number of carboxylic acid groups (broad SMARTS) is 1. The van der Waals surface area contributed by atoms with Gasteiger partial charge in [0.15, 0.2) is 5.88 Å². The molecule has 1 fully saturated rings. The van der Waals surface area contributed by atoms with E-state index in [1.807, 2.05) is 6.92 Å². The summed E-state index contributed by atoms with van der Waals surface area (Å²) in [5.74, 6) is -1.90. The maximum atomic E-state index is 12.7. The number of fused-ring (bicyclic) bond motifs is 1. The number of thiocarbonyl (C=S) groups is 1. The number of carbonyl (C=O) groups excluding carboxylic acids is 1. The number of unbranched alkanes of at least 4 members (excludes halogenated alkanes) is 1. The molecular formula is C15H20N6O6S4. The average molecular weight is 509 g/mol. The monoisotopic (exact) mass is 508 g/mol. The van der Waals surface area contributed by atoms with Crippen LogP contribution in [0.5, 0.6) is 0 Å². The molecule has 12 nitrogen and oxygen atoms in total. The number of carboxylic acids is 1. The Morgan fingerprint density at radius 2 is 2.19 bits per heavy atom. The van der Waals surface area contributed by atoms with Crippen LogP contribution in [0.2, 0.25) is 0 Å². The molecule has 2 atom stereocenters. The van der Waals surface area contributed by atoms with Gasteiger partial charge in [-0.1, -0.05) is 37.3 Å². The van der Waals surface area contributed by atoms with Crippen LogP contribution in [-0.4, -0.2) is 83.0 Å². The first-order chi connectivity index (χ1) is 14.6. The minimum Gasteiger partial charge on any atom is -0.477 e. The molecule has 1 aromatic heterocycles. The Balaban J connectivity index is 1.71. The Hall–Kier alpha value is -1.75. The quantitative estimate of drug-likeness (QED) is 0.171. The first-order valence-electron chi connectivity index (χ1n) is 9.16. The zero-order valence-electron chi connectivity index (χ0n) is 16.3. The third kappa shape index (κ3) is 5.54. The van der Waals surface area contributed by atoms with Crippen LogP contribution in [0.15, 0.2) is 16.4 Å². The summed E-state index contributed by atoms with van der Waals surface area (Å²) in [7, 11) is -4.35. The van der Waals surface area contributed by atoms with E-state index >= 15 is 0 Å². The van der Waals surface area contributed by atoms with Gasteiger partial charge in [0, 0.05) is 11.5 Å². The van der Waals surface area contributed by atoms with Crippen molar-refractivity contribution in [3.63, 3.8) is 0 Å². The van der Waals surface area contributed by atoms with Crippen molar-refractivity contribution >= 4 is 62.7 Å². The molecule has 0 aromatic carbocycles. The fourth-order valence-corrected chi connectivity index (χ4v) is 6.26. The molecule has 31 heavy (non-hydrogen) atoms. The predicted octanol–water partition coefficient (Wildman–Crippen LogP) is 0.340. The van der Waals surface area contributed by atoms with E-state index in [9.17, 15) is 23.1 Å². The smallest absolute Gasteiger partial charge is 0.352 e. The molecular weight excluding hydrogens is 488 g/mol.